The molecule has 0 fully saturated rings. The van der Waals surface area contributed by atoms with Crippen molar-refractivity contribution in [3.63, 3.8) is 0 Å². The quantitative estimate of drug-likeness (QED) is 0.691. The first-order valence-electron chi connectivity index (χ1n) is 5.95. The lowest BCUT2D eigenvalue weighted by Crippen LogP contribution is -2.05. The van der Waals surface area contributed by atoms with Crippen molar-refractivity contribution in [3.8, 4) is 0 Å². The van der Waals surface area contributed by atoms with Crippen LogP contribution in [0.1, 0.15) is 17.0 Å². The average molecular weight is 293 g/mol. The molecule has 0 aliphatic carbocycles. The SMILES string of the molecule is Cc1nc(Cl)c(NCc2cccc([N+](=O)[O-])c2)nc1C. The Labute approximate surface area is 121 Å². The second-order valence-electron chi connectivity index (χ2n) is 4.31. The van der Waals surface area contributed by atoms with Crippen molar-refractivity contribution in [2.75, 3.05) is 5.32 Å². The standard InChI is InChI=1S/C13H13ClN4O2/c1-8-9(2)17-13(12(14)16-8)15-7-10-4-3-5-11(6-10)18(19)20/h3-6H,7H2,1-2H3,(H,15,17). The normalized spacial score (nSPS) is 10.3. The largest absolute Gasteiger partial charge is 0.363 e. The number of aryl methyl sites for hydroxylation is 2. The number of aromatic nitrogens is 2. The Balaban J connectivity index is 2.15. The van der Waals surface area contributed by atoms with Gasteiger partial charge < -0.3 is 5.32 Å². The van der Waals surface area contributed by atoms with Crippen molar-refractivity contribution < 1.29 is 4.92 Å². The van der Waals surface area contributed by atoms with E-state index < -0.39 is 4.92 Å². The molecule has 1 aromatic carbocycles. The molecule has 0 aliphatic heterocycles. The third-order valence-electron chi connectivity index (χ3n) is 2.85. The molecule has 2 rings (SSSR count). The molecule has 2 aromatic rings. The van der Waals surface area contributed by atoms with Gasteiger partial charge in [0, 0.05) is 18.7 Å². The lowest BCUT2D eigenvalue weighted by atomic mass is 10.2. The Hall–Kier alpha value is -2.21. The second-order valence-corrected chi connectivity index (χ2v) is 4.67. The lowest BCUT2D eigenvalue weighted by molar-refractivity contribution is -0.384. The summed E-state index contributed by atoms with van der Waals surface area (Å²) in [7, 11) is 0. The van der Waals surface area contributed by atoms with E-state index in [-0.39, 0.29) is 5.69 Å². The number of nitro benzene ring substituents is 1. The van der Waals surface area contributed by atoms with Gasteiger partial charge in [0.05, 0.1) is 16.3 Å². The van der Waals surface area contributed by atoms with Gasteiger partial charge in [-0.1, -0.05) is 23.7 Å². The van der Waals surface area contributed by atoms with Crippen LogP contribution >= 0.6 is 11.6 Å². The van der Waals surface area contributed by atoms with E-state index in [0.29, 0.717) is 17.5 Å². The second kappa shape index (κ2) is 5.83. The van der Waals surface area contributed by atoms with Crippen LogP contribution in [-0.4, -0.2) is 14.9 Å². The van der Waals surface area contributed by atoms with Crippen molar-refractivity contribution in [3.05, 3.63) is 56.5 Å². The topological polar surface area (TPSA) is 81.0 Å². The van der Waals surface area contributed by atoms with Gasteiger partial charge in [-0.05, 0) is 19.4 Å². The Morgan fingerprint density at radius 1 is 1.30 bits per heavy atom. The van der Waals surface area contributed by atoms with Crippen LogP contribution in [0.3, 0.4) is 0 Å². The predicted molar refractivity (Wildman–Crippen MR) is 76.9 cm³/mol. The number of nitro groups is 1. The molecule has 6 nitrogen and oxygen atoms in total. The first kappa shape index (κ1) is 14.2. The van der Waals surface area contributed by atoms with Crippen LogP contribution in [0.4, 0.5) is 11.5 Å². The summed E-state index contributed by atoms with van der Waals surface area (Å²) in [6.07, 6.45) is 0. The fraction of sp³-hybridized carbons (Fsp3) is 0.231. The van der Waals surface area contributed by atoms with E-state index in [2.05, 4.69) is 15.3 Å². The maximum Gasteiger partial charge on any atom is 0.269 e. The summed E-state index contributed by atoms with van der Waals surface area (Å²) in [5.74, 6) is 0.473. The zero-order valence-electron chi connectivity index (χ0n) is 11.1. The molecule has 0 spiro atoms. The molecule has 1 aromatic heterocycles. The van der Waals surface area contributed by atoms with Crippen LogP contribution in [0.2, 0.25) is 5.15 Å². The van der Waals surface area contributed by atoms with Crippen LogP contribution in [0.25, 0.3) is 0 Å². The third kappa shape index (κ3) is 3.21. The highest BCUT2D eigenvalue weighted by molar-refractivity contribution is 6.31. The number of hydrogen-bond acceptors (Lipinski definition) is 5. The van der Waals surface area contributed by atoms with Crippen molar-refractivity contribution in [2.24, 2.45) is 0 Å². The van der Waals surface area contributed by atoms with E-state index in [0.717, 1.165) is 17.0 Å². The fourth-order valence-corrected chi connectivity index (χ4v) is 1.89. The zero-order chi connectivity index (χ0) is 14.7. The van der Waals surface area contributed by atoms with Crippen LogP contribution < -0.4 is 5.32 Å². The third-order valence-corrected chi connectivity index (χ3v) is 3.11. The van der Waals surface area contributed by atoms with Crippen molar-refractivity contribution in [2.45, 2.75) is 20.4 Å². The highest BCUT2D eigenvalue weighted by Gasteiger charge is 2.08. The Morgan fingerprint density at radius 2 is 2.00 bits per heavy atom. The molecule has 0 radical (unpaired) electrons. The number of nitrogens with one attached hydrogen (secondary N) is 1. The summed E-state index contributed by atoms with van der Waals surface area (Å²) in [5.41, 5.74) is 2.39. The molecule has 20 heavy (non-hydrogen) atoms. The van der Waals surface area contributed by atoms with E-state index in [4.69, 9.17) is 11.6 Å². The van der Waals surface area contributed by atoms with Gasteiger partial charge in [0.25, 0.3) is 5.69 Å². The van der Waals surface area contributed by atoms with Crippen molar-refractivity contribution >= 4 is 23.1 Å². The highest BCUT2D eigenvalue weighted by Crippen LogP contribution is 2.20. The van der Waals surface area contributed by atoms with Gasteiger partial charge in [-0.2, -0.15) is 0 Å². The molecule has 0 amide bonds. The predicted octanol–water partition coefficient (Wildman–Crippen LogP) is 3.27. The molecule has 7 heteroatoms. The van der Waals surface area contributed by atoms with Crippen molar-refractivity contribution in [1.82, 2.24) is 9.97 Å². The zero-order valence-corrected chi connectivity index (χ0v) is 11.8. The van der Waals surface area contributed by atoms with Gasteiger partial charge >= 0.3 is 0 Å². The van der Waals surface area contributed by atoms with Crippen LogP contribution in [0, 0.1) is 24.0 Å². The maximum absolute atomic E-state index is 10.7. The van der Waals surface area contributed by atoms with Gasteiger partial charge in [-0.15, -0.1) is 0 Å². The molecule has 0 atom stereocenters. The molecule has 1 N–H and O–H groups in total. The molecule has 104 valence electrons. The summed E-state index contributed by atoms with van der Waals surface area (Å²) in [4.78, 5) is 18.7. The number of hydrogen-bond donors (Lipinski definition) is 1. The fourth-order valence-electron chi connectivity index (χ4n) is 1.65. The lowest BCUT2D eigenvalue weighted by Gasteiger charge is -2.09. The molecule has 0 saturated heterocycles. The summed E-state index contributed by atoms with van der Waals surface area (Å²) < 4.78 is 0. The molecular formula is C13H13ClN4O2. The van der Waals surface area contributed by atoms with Crippen LogP contribution in [-0.2, 0) is 6.54 Å². The molecule has 0 unspecified atom stereocenters. The van der Waals surface area contributed by atoms with E-state index in [1.165, 1.54) is 12.1 Å². The van der Waals surface area contributed by atoms with Crippen LogP contribution in [0.15, 0.2) is 24.3 Å². The molecule has 0 saturated carbocycles. The van der Waals surface area contributed by atoms with Gasteiger partial charge in [-0.3, -0.25) is 10.1 Å². The number of benzene rings is 1. The minimum absolute atomic E-state index is 0.0570. The number of rotatable bonds is 4. The number of non-ortho nitro benzene ring substituents is 1. The first-order valence-corrected chi connectivity index (χ1v) is 6.33. The van der Waals surface area contributed by atoms with Gasteiger partial charge in [0.2, 0.25) is 0 Å². The van der Waals surface area contributed by atoms with Gasteiger partial charge in [0.1, 0.15) is 0 Å². The Kier molecular flexibility index (Phi) is 4.14. The minimum atomic E-state index is -0.424. The summed E-state index contributed by atoms with van der Waals surface area (Å²) in [6, 6.07) is 6.40. The molecule has 0 bridgehead atoms. The smallest absolute Gasteiger partial charge is 0.269 e. The van der Waals surface area contributed by atoms with E-state index >= 15 is 0 Å². The van der Waals surface area contributed by atoms with Gasteiger partial charge in [-0.25, -0.2) is 9.97 Å². The number of halogens is 1. The number of nitrogens with zero attached hydrogens (tertiary/aromatic N) is 3. The van der Waals surface area contributed by atoms with Crippen LogP contribution in [0.5, 0.6) is 0 Å². The molecule has 1 heterocycles. The average Bonchev–Trinajstić information content (AvgIpc) is 2.41. The van der Waals surface area contributed by atoms with E-state index in [1.807, 2.05) is 13.8 Å². The highest BCUT2D eigenvalue weighted by atomic mass is 35.5. The summed E-state index contributed by atoms with van der Waals surface area (Å²) in [6.45, 7) is 4.06. The molecule has 0 aliphatic rings. The monoisotopic (exact) mass is 292 g/mol. The van der Waals surface area contributed by atoms with Gasteiger partial charge in [0.15, 0.2) is 11.0 Å². The van der Waals surface area contributed by atoms with E-state index in [9.17, 15) is 10.1 Å². The van der Waals surface area contributed by atoms with E-state index in [1.54, 1.807) is 12.1 Å². The number of anilines is 1. The Morgan fingerprint density at radius 3 is 2.70 bits per heavy atom. The summed E-state index contributed by atoms with van der Waals surface area (Å²) >= 11 is 6.01. The minimum Gasteiger partial charge on any atom is -0.363 e. The van der Waals surface area contributed by atoms with Crippen molar-refractivity contribution in [1.29, 1.82) is 0 Å². The Bertz CT molecular complexity index is 661. The first-order chi connectivity index (χ1) is 9.47. The summed E-state index contributed by atoms with van der Waals surface area (Å²) in [5, 5.41) is 14.0. The molecular weight excluding hydrogens is 280 g/mol. The maximum atomic E-state index is 10.7.